The van der Waals surface area contributed by atoms with Gasteiger partial charge in [-0.25, -0.2) is 0 Å². The third-order valence-corrected chi connectivity index (χ3v) is 5.09. The summed E-state index contributed by atoms with van der Waals surface area (Å²) in [6, 6.07) is 3.80. The first-order valence-electron chi connectivity index (χ1n) is 7.56. The number of aromatic nitrogens is 1. The van der Waals surface area contributed by atoms with Gasteiger partial charge in [0.15, 0.2) is 0 Å². The molecule has 2 aliphatic rings. The Hall–Kier alpha value is -0.930. The smallest absolute Gasteiger partial charge is 0.0315 e. The Morgan fingerprint density at radius 1 is 1.32 bits per heavy atom. The lowest BCUT2D eigenvalue weighted by atomic mass is 9.91. The molecule has 3 heteroatoms. The van der Waals surface area contributed by atoms with E-state index >= 15 is 0 Å². The van der Waals surface area contributed by atoms with E-state index < -0.39 is 0 Å². The molecule has 0 amide bonds. The number of nitrogens with zero attached hydrogens (tertiary/aromatic N) is 2. The van der Waals surface area contributed by atoms with Crippen LogP contribution in [0.4, 0.5) is 0 Å². The highest BCUT2D eigenvalue weighted by Crippen LogP contribution is 2.36. The molecule has 0 radical (unpaired) electrons. The van der Waals surface area contributed by atoms with Crippen LogP contribution in [0.15, 0.2) is 18.5 Å². The van der Waals surface area contributed by atoms with Crippen LogP contribution in [0.3, 0.4) is 0 Å². The van der Waals surface area contributed by atoms with Gasteiger partial charge in [0.05, 0.1) is 0 Å². The summed E-state index contributed by atoms with van der Waals surface area (Å²) in [5.74, 6) is 0.866. The molecule has 1 aromatic rings. The average Bonchev–Trinajstić information content (AvgIpc) is 2.64. The Kier molecular flexibility index (Phi) is 3.85. The van der Waals surface area contributed by atoms with Crippen molar-refractivity contribution in [2.24, 2.45) is 5.92 Å². The van der Waals surface area contributed by atoms with Crippen molar-refractivity contribution in [1.29, 1.82) is 0 Å². The summed E-state index contributed by atoms with van der Waals surface area (Å²) < 4.78 is 0. The van der Waals surface area contributed by atoms with E-state index in [1.807, 2.05) is 12.4 Å². The topological polar surface area (TPSA) is 28.2 Å². The monoisotopic (exact) mass is 259 g/mol. The van der Waals surface area contributed by atoms with Crippen molar-refractivity contribution in [3.05, 3.63) is 29.6 Å². The predicted molar refractivity (Wildman–Crippen MR) is 78.0 cm³/mol. The second-order valence-electron chi connectivity index (χ2n) is 6.32. The van der Waals surface area contributed by atoms with Gasteiger partial charge in [-0.1, -0.05) is 0 Å². The maximum atomic E-state index is 4.21. The molecule has 3 heterocycles. The van der Waals surface area contributed by atoms with Gasteiger partial charge in [0.1, 0.15) is 0 Å². The lowest BCUT2D eigenvalue weighted by Crippen LogP contribution is -2.42. The van der Waals surface area contributed by atoms with Crippen molar-refractivity contribution >= 4 is 0 Å². The summed E-state index contributed by atoms with van der Waals surface area (Å²) in [5.41, 5.74) is 2.67. The van der Waals surface area contributed by atoms with E-state index in [-0.39, 0.29) is 0 Å². The summed E-state index contributed by atoms with van der Waals surface area (Å²) in [4.78, 5) is 6.82. The molecule has 0 aliphatic carbocycles. The molecular formula is C16H25N3. The van der Waals surface area contributed by atoms with Crippen molar-refractivity contribution in [1.82, 2.24) is 15.2 Å². The normalized spacial score (nSPS) is 30.7. The van der Waals surface area contributed by atoms with E-state index in [1.54, 1.807) is 0 Å². The van der Waals surface area contributed by atoms with E-state index in [1.165, 1.54) is 36.8 Å². The number of piperidine rings is 1. The molecule has 2 saturated heterocycles. The molecule has 2 fully saturated rings. The molecule has 0 aromatic carbocycles. The zero-order valence-corrected chi connectivity index (χ0v) is 12.1. The minimum atomic E-state index is 0.852. The van der Waals surface area contributed by atoms with Crippen molar-refractivity contribution in [3.8, 4) is 0 Å². The predicted octanol–water partition coefficient (Wildman–Crippen LogP) is 2.35. The summed E-state index contributed by atoms with van der Waals surface area (Å²) in [6.07, 6.45) is 9.45. The molecule has 19 heavy (non-hydrogen) atoms. The highest BCUT2D eigenvalue weighted by atomic mass is 15.2. The van der Waals surface area contributed by atoms with Crippen LogP contribution in [0.5, 0.6) is 0 Å². The summed E-state index contributed by atoms with van der Waals surface area (Å²) in [5, 5.41) is 3.64. The van der Waals surface area contributed by atoms with Crippen LogP contribution in [0.25, 0.3) is 0 Å². The fourth-order valence-corrected chi connectivity index (χ4v) is 3.78. The Labute approximate surface area is 116 Å². The average molecular weight is 259 g/mol. The zero-order chi connectivity index (χ0) is 13.2. The number of nitrogens with one attached hydrogen (secondary N) is 1. The molecule has 2 aliphatic heterocycles. The van der Waals surface area contributed by atoms with Gasteiger partial charge in [-0.2, -0.15) is 0 Å². The van der Waals surface area contributed by atoms with Gasteiger partial charge in [0, 0.05) is 31.0 Å². The van der Waals surface area contributed by atoms with Gasteiger partial charge in [-0.15, -0.1) is 0 Å². The maximum Gasteiger partial charge on any atom is 0.0315 e. The minimum Gasteiger partial charge on any atom is -0.312 e. The summed E-state index contributed by atoms with van der Waals surface area (Å²) in [7, 11) is 2.31. The molecule has 3 nitrogen and oxygen atoms in total. The quantitative estimate of drug-likeness (QED) is 0.899. The third kappa shape index (κ3) is 2.82. The van der Waals surface area contributed by atoms with E-state index in [2.05, 4.69) is 35.2 Å². The Morgan fingerprint density at radius 2 is 2.05 bits per heavy atom. The first kappa shape index (κ1) is 13.1. The van der Waals surface area contributed by atoms with Crippen LogP contribution in [0.1, 0.15) is 36.8 Å². The van der Waals surface area contributed by atoms with Crippen LogP contribution in [-0.4, -0.2) is 35.6 Å². The van der Waals surface area contributed by atoms with Crippen LogP contribution >= 0.6 is 0 Å². The second kappa shape index (κ2) is 5.59. The highest BCUT2D eigenvalue weighted by molar-refractivity contribution is 5.20. The van der Waals surface area contributed by atoms with Crippen molar-refractivity contribution in [2.45, 2.75) is 51.2 Å². The van der Waals surface area contributed by atoms with E-state index in [4.69, 9.17) is 0 Å². The number of hydrogen-bond acceptors (Lipinski definition) is 3. The second-order valence-corrected chi connectivity index (χ2v) is 6.32. The van der Waals surface area contributed by atoms with Gasteiger partial charge >= 0.3 is 0 Å². The van der Waals surface area contributed by atoms with Crippen LogP contribution < -0.4 is 5.32 Å². The number of aryl methyl sites for hydroxylation is 1. The molecule has 104 valence electrons. The Bertz CT molecular complexity index is 418. The van der Waals surface area contributed by atoms with Gasteiger partial charge < -0.3 is 10.2 Å². The molecule has 0 saturated carbocycles. The number of rotatable bonds is 4. The zero-order valence-electron chi connectivity index (χ0n) is 12.1. The molecule has 1 N–H and O–H groups in total. The third-order valence-electron chi connectivity index (χ3n) is 5.09. The molecule has 1 aromatic heterocycles. The summed E-state index contributed by atoms with van der Waals surface area (Å²) in [6.45, 7) is 4.28. The first-order valence-corrected chi connectivity index (χ1v) is 7.56. The Morgan fingerprint density at radius 3 is 2.74 bits per heavy atom. The highest BCUT2D eigenvalue weighted by Gasteiger charge is 2.37. The fourth-order valence-electron chi connectivity index (χ4n) is 3.78. The van der Waals surface area contributed by atoms with Crippen molar-refractivity contribution in [3.63, 3.8) is 0 Å². The van der Waals surface area contributed by atoms with E-state index in [0.29, 0.717) is 0 Å². The van der Waals surface area contributed by atoms with Gasteiger partial charge in [-0.3, -0.25) is 4.98 Å². The molecule has 2 atom stereocenters. The van der Waals surface area contributed by atoms with E-state index in [0.717, 1.165) is 31.1 Å². The molecule has 3 rings (SSSR count). The minimum absolute atomic E-state index is 0.852. The van der Waals surface area contributed by atoms with Crippen molar-refractivity contribution < 1.29 is 0 Å². The molecule has 2 bridgehead atoms. The first-order chi connectivity index (χ1) is 9.24. The lowest BCUT2D eigenvalue weighted by molar-refractivity contribution is 0.133. The molecule has 2 unspecified atom stereocenters. The fraction of sp³-hybridized carbons (Fsp3) is 0.688. The standard InChI is InChI=1S/C16H25N3/c1-12-5-6-17-10-14(12)11-18-9-13-7-15-3-4-16(8-13)19(15)2/h5-6,10,13,15-16,18H,3-4,7-9,11H2,1-2H3. The van der Waals surface area contributed by atoms with Crippen molar-refractivity contribution in [2.75, 3.05) is 13.6 Å². The number of fused-ring (bicyclic) bond motifs is 2. The maximum absolute atomic E-state index is 4.21. The number of hydrogen-bond donors (Lipinski definition) is 1. The SMILES string of the molecule is Cc1ccncc1CNCC1CC2CCC(C1)N2C. The summed E-state index contributed by atoms with van der Waals surface area (Å²) >= 11 is 0. The largest absolute Gasteiger partial charge is 0.312 e. The van der Waals surface area contributed by atoms with E-state index in [9.17, 15) is 0 Å². The van der Waals surface area contributed by atoms with Crippen LogP contribution in [0.2, 0.25) is 0 Å². The molecular weight excluding hydrogens is 234 g/mol. The Balaban J connectivity index is 1.48. The van der Waals surface area contributed by atoms with Crippen LogP contribution in [0, 0.1) is 12.8 Å². The van der Waals surface area contributed by atoms with Gasteiger partial charge in [0.25, 0.3) is 0 Å². The van der Waals surface area contributed by atoms with Gasteiger partial charge in [0.2, 0.25) is 0 Å². The lowest BCUT2D eigenvalue weighted by Gasteiger charge is -2.36. The number of pyridine rings is 1. The van der Waals surface area contributed by atoms with Crippen LogP contribution in [-0.2, 0) is 6.54 Å². The van der Waals surface area contributed by atoms with Gasteiger partial charge in [-0.05, 0) is 69.3 Å². The molecule has 0 spiro atoms.